The number of aliphatic hydroxyl groups excluding tert-OH is 19. The zero-order chi connectivity index (χ0) is 68.1. The minimum atomic E-state index is -4.50. The molecule has 15 aliphatic rings. The van der Waals surface area contributed by atoms with Gasteiger partial charge in [0.2, 0.25) is 0 Å². The Morgan fingerprint density at radius 2 is 0.430 bits per heavy atom. The summed E-state index contributed by atoms with van der Waals surface area (Å²) in [6.07, 6.45) is -72.3. The first-order chi connectivity index (χ1) is 44.0. The standard InChI is InChI=1S/C50H86O41S2/c51-9-16-35-23(58)28(63)44(78-16)85-36-17(10-52)79-46(29(64)24(36)59)87-38-19(12-54)81-48(31(66)26(38)61)89-40-21(14-56)83-50(42(33(40)68)76-5-1-3-7-92(70,71)72)91-41-22(15-57)84-49(43(34(41)69)77-6-2-4-8-93(73,74)75)90-39-20(13-55)82-47(32(67)27(39)62)88-37-18(11-53)80-45(86-35)30(65)25(37)60/h16-69H,1-15H2,(H,70,71,72)(H,73,74,75)/t16-,17-,18-,19-,20-,21-,22-,23-,24-,25-,26-,27-,28-,29-,30-,31-,32-,33+,34+,35-,36-,37-,38-,39-,40-,41-,42-,43-,44-,45-,46-,47-,48-,49-,50-/m1/s1. The molecule has 14 bridgehead atoms. The quantitative estimate of drug-likeness (QED) is 0.0422. The van der Waals surface area contributed by atoms with Gasteiger partial charge < -0.3 is 173 Å². The molecule has 15 fully saturated rings. The van der Waals surface area contributed by atoms with Crippen molar-refractivity contribution in [2.24, 2.45) is 0 Å². The minimum Gasteiger partial charge on any atom is -0.394 e. The summed E-state index contributed by atoms with van der Waals surface area (Å²) in [5, 5.41) is 214. The molecule has 15 aliphatic heterocycles. The third-order valence-corrected chi connectivity index (χ3v) is 18.6. The van der Waals surface area contributed by atoms with Gasteiger partial charge in [0, 0.05) is 13.2 Å². The summed E-state index contributed by atoms with van der Waals surface area (Å²) >= 11 is 0. The Hall–Kier alpha value is -1.58. The molecule has 0 saturated carbocycles. The Morgan fingerprint density at radius 1 is 0.247 bits per heavy atom. The van der Waals surface area contributed by atoms with Gasteiger partial charge in [-0.05, 0) is 25.7 Å². The lowest BCUT2D eigenvalue weighted by Gasteiger charge is -2.51. The van der Waals surface area contributed by atoms with Gasteiger partial charge in [-0.25, -0.2) is 0 Å². The summed E-state index contributed by atoms with van der Waals surface area (Å²) < 4.78 is 159. The van der Waals surface area contributed by atoms with E-state index in [-0.39, 0.29) is 25.7 Å². The molecule has 0 amide bonds. The van der Waals surface area contributed by atoms with E-state index in [1.54, 1.807) is 0 Å². The van der Waals surface area contributed by atoms with Gasteiger partial charge in [-0.15, -0.1) is 0 Å². The first-order valence-electron chi connectivity index (χ1n) is 29.8. The molecule has 35 atom stereocenters. The molecule has 15 heterocycles. The summed E-state index contributed by atoms with van der Waals surface area (Å²) in [7, 11) is -9.00. The van der Waals surface area contributed by atoms with Crippen LogP contribution in [0.4, 0.5) is 0 Å². The van der Waals surface area contributed by atoms with E-state index in [0.717, 1.165) is 0 Å². The smallest absolute Gasteiger partial charge is 0.264 e. The van der Waals surface area contributed by atoms with Gasteiger partial charge in [0.25, 0.3) is 20.2 Å². The van der Waals surface area contributed by atoms with Gasteiger partial charge in [0.1, 0.15) is 171 Å². The lowest BCUT2D eigenvalue weighted by Crippen LogP contribution is -2.68. The van der Waals surface area contributed by atoms with Crippen LogP contribution in [0.3, 0.4) is 0 Å². The second kappa shape index (κ2) is 33.7. The van der Waals surface area contributed by atoms with Crippen LogP contribution in [-0.2, 0) is 96.0 Å². The van der Waals surface area contributed by atoms with Crippen LogP contribution in [0.2, 0.25) is 0 Å². The van der Waals surface area contributed by atoms with Crippen LogP contribution in [0.15, 0.2) is 0 Å². The molecule has 43 heteroatoms. The maximum atomic E-state index is 12.3. The highest BCUT2D eigenvalue weighted by atomic mass is 32.2. The first-order valence-corrected chi connectivity index (χ1v) is 33.0. The van der Waals surface area contributed by atoms with E-state index in [1.807, 2.05) is 0 Å². The monoisotopic (exact) mass is 1410 g/mol. The molecule has 0 aromatic heterocycles. The lowest BCUT2D eigenvalue weighted by molar-refractivity contribution is -0.399. The second-order valence-electron chi connectivity index (χ2n) is 23.3. The fraction of sp³-hybridized carbons (Fsp3) is 1.00. The van der Waals surface area contributed by atoms with Crippen molar-refractivity contribution in [3.8, 4) is 0 Å². The van der Waals surface area contributed by atoms with E-state index < -0.39 is 306 Å². The molecule has 0 radical (unpaired) electrons. The van der Waals surface area contributed by atoms with Crippen LogP contribution in [0, 0.1) is 0 Å². The van der Waals surface area contributed by atoms with Crippen LogP contribution >= 0.6 is 0 Å². The van der Waals surface area contributed by atoms with Gasteiger partial charge in [-0.1, -0.05) is 0 Å². The topological polar surface area (TPSA) is 641 Å². The number of fused-ring (bicyclic) bond motifs is 7. The Bertz CT molecular complexity index is 2450. The summed E-state index contributed by atoms with van der Waals surface area (Å²) in [5.41, 5.74) is 0. The molecule has 15 saturated heterocycles. The molecule has 0 unspecified atom stereocenters. The highest BCUT2D eigenvalue weighted by molar-refractivity contribution is 7.86. The Morgan fingerprint density at radius 3 is 0.624 bits per heavy atom. The van der Waals surface area contributed by atoms with Crippen molar-refractivity contribution in [1.29, 1.82) is 0 Å². The second-order valence-corrected chi connectivity index (χ2v) is 26.5. The van der Waals surface area contributed by atoms with E-state index in [1.165, 1.54) is 0 Å². The van der Waals surface area contributed by atoms with Crippen LogP contribution in [0.1, 0.15) is 25.7 Å². The molecule has 0 spiro atoms. The average molecular weight is 1410 g/mol. The van der Waals surface area contributed by atoms with Crippen molar-refractivity contribution in [2.75, 3.05) is 71.0 Å². The van der Waals surface area contributed by atoms with Crippen molar-refractivity contribution < 1.29 is 199 Å². The molecule has 0 aliphatic carbocycles. The highest BCUT2D eigenvalue weighted by Gasteiger charge is 2.60. The predicted molar refractivity (Wildman–Crippen MR) is 287 cm³/mol. The van der Waals surface area contributed by atoms with Crippen molar-refractivity contribution in [3.63, 3.8) is 0 Å². The average Bonchev–Trinajstić information content (AvgIpc) is 0.784. The van der Waals surface area contributed by atoms with Gasteiger partial charge in [-0.3, -0.25) is 9.11 Å². The molecule has 93 heavy (non-hydrogen) atoms. The Balaban J connectivity index is 1.14. The molecule has 15 rings (SSSR count). The predicted octanol–water partition coefficient (Wildman–Crippen LogP) is -13.8. The minimum absolute atomic E-state index is 0.176. The van der Waals surface area contributed by atoms with E-state index in [2.05, 4.69) is 0 Å². The molecule has 41 nitrogen and oxygen atoms in total. The van der Waals surface area contributed by atoms with Gasteiger partial charge in [0.15, 0.2) is 44.0 Å². The van der Waals surface area contributed by atoms with Crippen LogP contribution in [0.25, 0.3) is 0 Å². The first kappa shape index (κ1) is 77.2. The molecule has 0 aromatic carbocycles. The number of unbranched alkanes of at least 4 members (excludes halogenated alkanes) is 2. The summed E-state index contributed by atoms with van der Waals surface area (Å²) in [4.78, 5) is 0. The van der Waals surface area contributed by atoms with E-state index in [4.69, 9.17) is 75.8 Å². The number of aliphatic hydroxyl groups is 19. The third-order valence-electron chi connectivity index (χ3n) is 16.9. The van der Waals surface area contributed by atoms with E-state index in [9.17, 15) is 123 Å². The largest absolute Gasteiger partial charge is 0.394 e. The summed E-state index contributed by atoms with van der Waals surface area (Å²) in [6.45, 7) is -8.71. The van der Waals surface area contributed by atoms with Gasteiger partial charge in [-0.2, -0.15) is 16.8 Å². The summed E-state index contributed by atoms with van der Waals surface area (Å²) in [5.74, 6) is -1.52. The Kier molecular flexibility index (Phi) is 28.0. The lowest BCUT2D eigenvalue weighted by atomic mass is 9.95. The fourth-order valence-electron chi connectivity index (χ4n) is 12.0. The fourth-order valence-corrected chi connectivity index (χ4v) is 13.1. The van der Waals surface area contributed by atoms with Gasteiger partial charge >= 0.3 is 0 Å². The number of rotatable bonds is 19. The van der Waals surface area contributed by atoms with Crippen LogP contribution in [0.5, 0.6) is 0 Å². The zero-order valence-corrected chi connectivity index (χ0v) is 50.8. The van der Waals surface area contributed by atoms with Crippen LogP contribution < -0.4 is 0 Å². The van der Waals surface area contributed by atoms with Crippen molar-refractivity contribution in [2.45, 2.75) is 241 Å². The normalized spacial score (nSPS) is 48.2. The third kappa shape index (κ3) is 18.0. The highest BCUT2D eigenvalue weighted by Crippen LogP contribution is 2.40. The molecule has 544 valence electrons. The number of hydrogen-bond acceptors (Lipinski definition) is 39. The molecular weight excluding hydrogens is 1320 g/mol. The summed E-state index contributed by atoms with van der Waals surface area (Å²) in [6, 6.07) is 0. The maximum absolute atomic E-state index is 12.3. The van der Waals surface area contributed by atoms with Gasteiger partial charge in [0.05, 0.1) is 57.8 Å². The van der Waals surface area contributed by atoms with Crippen LogP contribution in [-0.4, -0.2) is 409 Å². The SMILES string of the molecule is O=S(=O)(O)CCCCO[C@H]1[C@H]2O[C@H]3[C@H](O)[C@@H](OCCCCS(=O)(=O)O)[C@@H](O[C@H]4[C@H](O)[C@@H](O)[C@@H](O[C@H]5[C@H](O)[C@@H](O)[C@@H](O[C@H]6[C@H](O)[C@@H](O)[C@@H](O[C@H]7[C@H](O)[C@@H](O)[C@@H](O[C@H]8[C@H](O)[C@@H](O)[C@@H](O[C@@H]([C@@H]1O)[C@@H](CO)O2)O[C@@H]8CO)O[C@@H]7CO)O[C@@H]6CO)O[C@@H]5CO)O[C@@H]4CO)O[C@@H]3CO. The van der Waals surface area contributed by atoms with Crippen molar-refractivity contribution >= 4 is 20.2 Å². The number of ether oxygens (including phenoxy) is 16. The van der Waals surface area contributed by atoms with E-state index in [0.29, 0.717) is 0 Å². The molecular formula is C50H86O41S2. The van der Waals surface area contributed by atoms with Crippen molar-refractivity contribution in [3.05, 3.63) is 0 Å². The maximum Gasteiger partial charge on any atom is 0.264 e. The molecule has 21 N–H and O–H groups in total. The molecule has 0 aromatic rings. The van der Waals surface area contributed by atoms with E-state index >= 15 is 0 Å². The Labute approximate surface area is 529 Å². The van der Waals surface area contributed by atoms with Crippen molar-refractivity contribution in [1.82, 2.24) is 0 Å². The number of hydrogen-bond donors (Lipinski definition) is 21. The zero-order valence-electron chi connectivity index (χ0n) is 49.2.